The Kier molecular flexibility index (Phi) is 5.47. The highest BCUT2D eigenvalue weighted by Gasteiger charge is 2.04. The van der Waals surface area contributed by atoms with Gasteiger partial charge >= 0.3 is 5.97 Å². The Morgan fingerprint density at radius 2 is 2.27 bits per heavy atom. The Labute approximate surface area is 67.2 Å². The third-order valence-corrected chi connectivity index (χ3v) is 1.30. The molecule has 0 aliphatic carbocycles. The Balaban J connectivity index is 3.44. The standard InChI is InChI=1S/C8H15NO2/c1-3-7(2)8(10)11-6-4-5-9/h2-6,9H2,1H3. The molecule has 0 aromatic carbocycles. The first kappa shape index (κ1) is 10.2. The summed E-state index contributed by atoms with van der Waals surface area (Å²) in [5.41, 5.74) is 5.73. The normalized spacial score (nSPS) is 9.27. The van der Waals surface area contributed by atoms with Crippen LogP contribution >= 0.6 is 0 Å². The molecule has 64 valence electrons. The second-order valence-electron chi connectivity index (χ2n) is 2.24. The molecule has 0 saturated heterocycles. The number of carbonyl (C=O) groups is 1. The fourth-order valence-electron chi connectivity index (χ4n) is 0.495. The van der Waals surface area contributed by atoms with Crippen LogP contribution in [0, 0.1) is 0 Å². The summed E-state index contributed by atoms with van der Waals surface area (Å²) in [7, 11) is 0. The van der Waals surface area contributed by atoms with Gasteiger partial charge in [-0.3, -0.25) is 0 Å². The van der Waals surface area contributed by atoms with E-state index in [1.807, 2.05) is 6.92 Å². The number of esters is 1. The summed E-state index contributed by atoms with van der Waals surface area (Å²) in [6, 6.07) is 0. The highest BCUT2D eigenvalue weighted by atomic mass is 16.5. The minimum absolute atomic E-state index is 0.305. The fourth-order valence-corrected chi connectivity index (χ4v) is 0.495. The minimum Gasteiger partial charge on any atom is -0.462 e. The summed E-state index contributed by atoms with van der Waals surface area (Å²) >= 11 is 0. The van der Waals surface area contributed by atoms with Gasteiger partial charge in [-0.25, -0.2) is 4.79 Å². The SMILES string of the molecule is C=C(CC)C(=O)OCCCN. The lowest BCUT2D eigenvalue weighted by Crippen LogP contribution is -2.10. The second-order valence-corrected chi connectivity index (χ2v) is 2.24. The Bertz CT molecular complexity index is 143. The van der Waals surface area contributed by atoms with E-state index >= 15 is 0 Å². The predicted octanol–water partition coefficient (Wildman–Crippen LogP) is 0.845. The van der Waals surface area contributed by atoms with Crippen molar-refractivity contribution in [3.05, 3.63) is 12.2 Å². The van der Waals surface area contributed by atoms with E-state index < -0.39 is 0 Å². The lowest BCUT2D eigenvalue weighted by atomic mass is 10.2. The van der Waals surface area contributed by atoms with Crippen LogP contribution in [-0.2, 0) is 9.53 Å². The molecule has 0 unspecified atom stereocenters. The highest BCUT2D eigenvalue weighted by Crippen LogP contribution is 1.99. The molecule has 0 fully saturated rings. The van der Waals surface area contributed by atoms with E-state index in [-0.39, 0.29) is 5.97 Å². The summed E-state index contributed by atoms with van der Waals surface area (Å²) in [5, 5.41) is 0. The van der Waals surface area contributed by atoms with Crippen molar-refractivity contribution < 1.29 is 9.53 Å². The molecule has 0 spiro atoms. The predicted molar refractivity (Wildman–Crippen MR) is 44.1 cm³/mol. The van der Waals surface area contributed by atoms with Crippen molar-refractivity contribution in [3.63, 3.8) is 0 Å². The molecule has 0 aliphatic rings. The monoisotopic (exact) mass is 157 g/mol. The number of ether oxygens (including phenoxy) is 1. The van der Waals surface area contributed by atoms with E-state index in [4.69, 9.17) is 10.5 Å². The van der Waals surface area contributed by atoms with Crippen LogP contribution in [-0.4, -0.2) is 19.1 Å². The van der Waals surface area contributed by atoms with Crippen LogP contribution < -0.4 is 5.73 Å². The van der Waals surface area contributed by atoms with E-state index in [0.717, 1.165) is 0 Å². The molecular weight excluding hydrogens is 142 g/mol. The molecular formula is C8H15NO2. The zero-order valence-electron chi connectivity index (χ0n) is 6.93. The summed E-state index contributed by atoms with van der Waals surface area (Å²) in [5.74, 6) is -0.305. The molecule has 0 atom stereocenters. The van der Waals surface area contributed by atoms with Gasteiger partial charge in [0, 0.05) is 5.57 Å². The topological polar surface area (TPSA) is 52.3 Å². The van der Waals surface area contributed by atoms with Crippen molar-refractivity contribution in [1.82, 2.24) is 0 Å². The average molecular weight is 157 g/mol. The molecule has 2 N–H and O–H groups in total. The lowest BCUT2D eigenvalue weighted by Gasteiger charge is -2.03. The molecule has 0 saturated carbocycles. The van der Waals surface area contributed by atoms with Gasteiger partial charge in [0.15, 0.2) is 0 Å². The van der Waals surface area contributed by atoms with Crippen molar-refractivity contribution in [2.24, 2.45) is 5.73 Å². The smallest absolute Gasteiger partial charge is 0.333 e. The van der Waals surface area contributed by atoms with Crippen LogP contribution in [0.5, 0.6) is 0 Å². The van der Waals surface area contributed by atoms with Gasteiger partial charge in [0.1, 0.15) is 0 Å². The largest absolute Gasteiger partial charge is 0.462 e. The third-order valence-electron chi connectivity index (χ3n) is 1.30. The molecule has 0 heterocycles. The molecule has 11 heavy (non-hydrogen) atoms. The Morgan fingerprint density at radius 1 is 1.64 bits per heavy atom. The molecule has 0 rings (SSSR count). The second kappa shape index (κ2) is 5.92. The van der Waals surface area contributed by atoms with Gasteiger partial charge in [-0.05, 0) is 19.4 Å². The molecule has 0 aliphatic heterocycles. The molecule has 3 nitrogen and oxygen atoms in total. The Hall–Kier alpha value is -0.830. The van der Waals surface area contributed by atoms with Gasteiger partial charge in [0.05, 0.1) is 6.61 Å². The highest BCUT2D eigenvalue weighted by molar-refractivity contribution is 5.87. The molecule has 0 amide bonds. The van der Waals surface area contributed by atoms with Gasteiger partial charge in [-0.15, -0.1) is 0 Å². The van der Waals surface area contributed by atoms with Gasteiger partial charge in [-0.2, -0.15) is 0 Å². The quantitative estimate of drug-likeness (QED) is 0.365. The summed E-state index contributed by atoms with van der Waals surface area (Å²) in [6.07, 6.45) is 1.35. The number of hydrogen-bond acceptors (Lipinski definition) is 3. The maximum Gasteiger partial charge on any atom is 0.333 e. The van der Waals surface area contributed by atoms with Gasteiger partial charge in [-0.1, -0.05) is 13.5 Å². The number of rotatable bonds is 5. The maximum atomic E-state index is 10.9. The van der Waals surface area contributed by atoms with E-state index in [0.29, 0.717) is 31.6 Å². The van der Waals surface area contributed by atoms with E-state index in [1.165, 1.54) is 0 Å². The summed E-state index contributed by atoms with van der Waals surface area (Å²) in [6.45, 7) is 6.36. The van der Waals surface area contributed by atoms with Gasteiger partial charge < -0.3 is 10.5 Å². The lowest BCUT2D eigenvalue weighted by molar-refractivity contribution is -0.139. The molecule has 0 aromatic rings. The molecule has 0 radical (unpaired) electrons. The van der Waals surface area contributed by atoms with Crippen LogP contribution in [0.25, 0.3) is 0 Å². The van der Waals surface area contributed by atoms with Crippen LogP contribution in [0.1, 0.15) is 19.8 Å². The number of nitrogens with two attached hydrogens (primary N) is 1. The van der Waals surface area contributed by atoms with Gasteiger partial charge in [0.25, 0.3) is 0 Å². The Morgan fingerprint density at radius 3 is 2.73 bits per heavy atom. The first-order chi connectivity index (χ1) is 5.22. The van der Waals surface area contributed by atoms with Crippen LogP contribution in [0.2, 0.25) is 0 Å². The maximum absolute atomic E-state index is 10.9. The molecule has 0 bridgehead atoms. The first-order valence-electron chi connectivity index (χ1n) is 3.77. The average Bonchev–Trinajstić information content (AvgIpc) is 2.03. The minimum atomic E-state index is -0.305. The van der Waals surface area contributed by atoms with Crippen molar-refractivity contribution in [2.45, 2.75) is 19.8 Å². The van der Waals surface area contributed by atoms with E-state index in [9.17, 15) is 4.79 Å². The van der Waals surface area contributed by atoms with E-state index in [2.05, 4.69) is 6.58 Å². The van der Waals surface area contributed by atoms with Gasteiger partial charge in [0.2, 0.25) is 0 Å². The van der Waals surface area contributed by atoms with Crippen molar-refractivity contribution in [2.75, 3.05) is 13.2 Å². The third kappa shape index (κ3) is 4.56. The fraction of sp³-hybridized carbons (Fsp3) is 0.625. The van der Waals surface area contributed by atoms with Crippen molar-refractivity contribution in [1.29, 1.82) is 0 Å². The van der Waals surface area contributed by atoms with Crippen LogP contribution in [0.4, 0.5) is 0 Å². The number of carbonyl (C=O) groups excluding carboxylic acids is 1. The molecule has 0 aromatic heterocycles. The van der Waals surface area contributed by atoms with Crippen LogP contribution in [0.3, 0.4) is 0 Å². The summed E-state index contributed by atoms with van der Waals surface area (Å²) in [4.78, 5) is 10.9. The van der Waals surface area contributed by atoms with Crippen LogP contribution in [0.15, 0.2) is 12.2 Å². The van der Waals surface area contributed by atoms with E-state index in [1.54, 1.807) is 0 Å². The first-order valence-corrected chi connectivity index (χ1v) is 3.77. The zero-order chi connectivity index (χ0) is 8.69. The van der Waals surface area contributed by atoms with Crippen molar-refractivity contribution in [3.8, 4) is 0 Å². The summed E-state index contributed by atoms with van der Waals surface area (Å²) < 4.78 is 4.82. The zero-order valence-corrected chi connectivity index (χ0v) is 6.93. The number of hydrogen-bond donors (Lipinski definition) is 1. The molecule has 3 heteroatoms. The van der Waals surface area contributed by atoms with Crippen molar-refractivity contribution >= 4 is 5.97 Å².